The molecule has 3 aromatic rings. The highest BCUT2D eigenvalue weighted by molar-refractivity contribution is 5.94. The van der Waals surface area contributed by atoms with Gasteiger partial charge in [0.25, 0.3) is 5.91 Å². The molecule has 1 saturated heterocycles. The summed E-state index contributed by atoms with van der Waals surface area (Å²) >= 11 is 0. The summed E-state index contributed by atoms with van der Waals surface area (Å²) in [4.78, 5) is 18.6. The monoisotopic (exact) mass is 380 g/mol. The van der Waals surface area contributed by atoms with Crippen molar-refractivity contribution in [2.24, 2.45) is 0 Å². The van der Waals surface area contributed by atoms with Gasteiger partial charge in [-0.1, -0.05) is 6.07 Å². The summed E-state index contributed by atoms with van der Waals surface area (Å²) in [5, 5.41) is 7.44. The Morgan fingerprint density at radius 1 is 1.25 bits per heavy atom. The number of aromatic nitrogens is 3. The topological polar surface area (TPSA) is 71.1 Å². The Morgan fingerprint density at radius 3 is 2.93 bits per heavy atom. The second-order valence-corrected chi connectivity index (χ2v) is 6.77. The molecule has 144 valence electrons. The number of nitrogens with zero attached hydrogens (tertiary/aromatic N) is 3. The number of hydrogen-bond acceptors (Lipinski definition) is 4. The minimum atomic E-state index is -0.318. The van der Waals surface area contributed by atoms with Crippen molar-refractivity contribution in [1.29, 1.82) is 0 Å². The molecular formula is C21H21FN4O2. The molecule has 1 amide bonds. The molecule has 1 N–H and O–H groups in total. The fourth-order valence-corrected chi connectivity index (χ4v) is 3.49. The summed E-state index contributed by atoms with van der Waals surface area (Å²) in [7, 11) is 0. The zero-order chi connectivity index (χ0) is 19.3. The van der Waals surface area contributed by atoms with Crippen molar-refractivity contribution < 1.29 is 13.9 Å². The van der Waals surface area contributed by atoms with Crippen molar-refractivity contribution in [2.45, 2.75) is 25.3 Å². The minimum Gasteiger partial charge on any atom is -0.493 e. The lowest BCUT2D eigenvalue weighted by atomic mass is 10.1. The highest BCUT2D eigenvalue weighted by Gasteiger charge is 2.32. The van der Waals surface area contributed by atoms with Crippen LogP contribution in [0.25, 0.3) is 0 Å². The van der Waals surface area contributed by atoms with Crippen molar-refractivity contribution in [3.63, 3.8) is 0 Å². The number of nitrogens with one attached hydrogen (secondary N) is 1. The van der Waals surface area contributed by atoms with Gasteiger partial charge < -0.3 is 9.64 Å². The first-order valence-corrected chi connectivity index (χ1v) is 9.34. The number of ether oxygens (including phenoxy) is 1. The van der Waals surface area contributed by atoms with Gasteiger partial charge in [-0.15, -0.1) is 0 Å². The molecule has 0 spiro atoms. The molecule has 2 aromatic heterocycles. The summed E-state index contributed by atoms with van der Waals surface area (Å²) in [6, 6.07) is 11.5. The van der Waals surface area contributed by atoms with Crippen LogP contribution in [-0.2, 0) is 6.42 Å². The number of rotatable bonds is 6. The lowest BCUT2D eigenvalue weighted by Crippen LogP contribution is -2.30. The Kier molecular flexibility index (Phi) is 5.32. The van der Waals surface area contributed by atoms with Crippen LogP contribution in [0.15, 0.2) is 54.9 Å². The van der Waals surface area contributed by atoms with Crippen LogP contribution in [0.4, 0.5) is 4.39 Å². The number of carbonyl (C=O) groups excluding carboxylic acids is 1. The molecule has 0 aliphatic carbocycles. The van der Waals surface area contributed by atoms with Gasteiger partial charge in [0.2, 0.25) is 0 Å². The Morgan fingerprint density at radius 2 is 2.11 bits per heavy atom. The van der Waals surface area contributed by atoms with Gasteiger partial charge in [0.05, 0.1) is 18.3 Å². The number of H-pyrrole nitrogens is 1. The highest BCUT2D eigenvalue weighted by Crippen LogP contribution is 2.32. The van der Waals surface area contributed by atoms with Crippen molar-refractivity contribution >= 4 is 5.91 Å². The van der Waals surface area contributed by atoms with Crippen molar-refractivity contribution in [1.82, 2.24) is 20.1 Å². The number of pyridine rings is 1. The van der Waals surface area contributed by atoms with Gasteiger partial charge in [-0.05, 0) is 43.2 Å². The predicted molar refractivity (Wildman–Crippen MR) is 101 cm³/mol. The highest BCUT2D eigenvalue weighted by atomic mass is 19.1. The first-order valence-electron chi connectivity index (χ1n) is 9.34. The Labute approximate surface area is 162 Å². The van der Waals surface area contributed by atoms with E-state index in [-0.39, 0.29) is 17.8 Å². The fraction of sp³-hybridized carbons (Fsp3) is 0.286. The normalized spacial score (nSPS) is 16.3. The van der Waals surface area contributed by atoms with E-state index in [4.69, 9.17) is 4.74 Å². The lowest BCUT2D eigenvalue weighted by Gasteiger charge is -2.23. The number of halogens is 1. The van der Waals surface area contributed by atoms with E-state index in [1.165, 1.54) is 12.1 Å². The molecule has 1 aliphatic heterocycles. The van der Waals surface area contributed by atoms with E-state index in [2.05, 4.69) is 15.2 Å². The van der Waals surface area contributed by atoms with Gasteiger partial charge in [-0.25, -0.2) is 4.39 Å². The number of amides is 1. The van der Waals surface area contributed by atoms with E-state index in [9.17, 15) is 9.18 Å². The molecule has 28 heavy (non-hydrogen) atoms. The number of aromatic amines is 1. The van der Waals surface area contributed by atoms with Crippen LogP contribution in [0.5, 0.6) is 5.75 Å². The molecule has 1 aromatic carbocycles. The second-order valence-electron chi connectivity index (χ2n) is 6.77. The molecular weight excluding hydrogens is 359 g/mol. The molecule has 1 aliphatic rings. The number of likely N-dealkylation sites (tertiary alicyclic amines) is 1. The van der Waals surface area contributed by atoms with E-state index in [0.717, 1.165) is 30.8 Å². The van der Waals surface area contributed by atoms with Gasteiger partial charge in [0, 0.05) is 42.7 Å². The maximum absolute atomic E-state index is 13.2. The minimum absolute atomic E-state index is 0.00360. The maximum atomic E-state index is 13.2. The third-order valence-electron chi connectivity index (χ3n) is 4.87. The van der Waals surface area contributed by atoms with Crippen LogP contribution in [0.3, 0.4) is 0 Å². The predicted octanol–water partition coefficient (Wildman–Crippen LogP) is 3.54. The molecule has 0 saturated carbocycles. The summed E-state index contributed by atoms with van der Waals surface area (Å²) < 4.78 is 18.8. The van der Waals surface area contributed by atoms with E-state index >= 15 is 0 Å². The van der Waals surface area contributed by atoms with Gasteiger partial charge in [-0.3, -0.25) is 14.9 Å². The Hall–Kier alpha value is -3.22. The molecule has 1 unspecified atom stereocenters. The first kappa shape index (κ1) is 18.2. The summed E-state index contributed by atoms with van der Waals surface area (Å²) in [6.07, 6.45) is 5.72. The molecule has 3 heterocycles. The lowest BCUT2D eigenvalue weighted by molar-refractivity contribution is 0.0732. The van der Waals surface area contributed by atoms with E-state index in [0.29, 0.717) is 24.3 Å². The molecule has 6 nitrogen and oxygen atoms in total. The standard InChI is InChI=1S/C21H21FN4O2/c22-16-3-1-4-18(13-16)28-12-8-17-14-19(25-24-17)20-5-2-11-26(20)21(27)15-6-9-23-10-7-15/h1,3-4,6-7,9-10,13-14,20H,2,5,8,11-12H2,(H,24,25). The number of hydrogen-bond donors (Lipinski definition) is 1. The van der Waals surface area contributed by atoms with Crippen LogP contribution >= 0.6 is 0 Å². The molecule has 1 fully saturated rings. The molecule has 4 rings (SSSR count). The summed E-state index contributed by atoms with van der Waals surface area (Å²) in [5.74, 6) is 0.190. The van der Waals surface area contributed by atoms with E-state index < -0.39 is 0 Å². The summed E-state index contributed by atoms with van der Waals surface area (Å²) in [6.45, 7) is 1.13. The second kappa shape index (κ2) is 8.21. The van der Waals surface area contributed by atoms with Crippen LogP contribution in [0, 0.1) is 5.82 Å². The van der Waals surface area contributed by atoms with Gasteiger partial charge in [0.1, 0.15) is 11.6 Å². The third kappa shape index (κ3) is 4.03. The fourth-order valence-electron chi connectivity index (χ4n) is 3.49. The summed E-state index contributed by atoms with van der Waals surface area (Å²) in [5.41, 5.74) is 2.43. The SMILES string of the molecule is O=C(c1ccncc1)N1CCCC1c1cc(CCOc2cccc(F)c2)[nH]n1. The average molecular weight is 380 g/mol. The zero-order valence-corrected chi connectivity index (χ0v) is 15.3. The third-order valence-corrected chi connectivity index (χ3v) is 4.87. The van der Waals surface area contributed by atoms with Crippen LogP contribution < -0.4 is 4.74 Å². The Bertz CT molecular complexity index is 944. The first-order chi connectivity index (χ1) is 13.7. The smallest absolute Gasteiger partial charge is 0.254 e. The van der Waals surface area contributed by atoms with Crippen LogP contribution in [0.2, 0.25) is 0 Å². The van der Waals surface area contributed by atoms with Crippen LogP contribution in [0.1, 0.15) is 40.6 Å². The molecule has 0 radical (unpaired) electrons. The molecule has 7 heteroatoms. The number of benzene rings is 1. The van der Waals surface area contributed by atoms with Gasteiger partial charge in [0.15, 0.2) is 0 Å². The van der Waals surface area contributed by atoms with Crippen molar-refractivity contribution in [3.05, 3.63) is 77.6 Å². The zero-order valence-electron chi connectivity index (χ0n) is 15.3. The van der Waals surface area contributed by atoms with E-state index in [1.54, 1.807) is 36.7 Å². The maximum Gasteiger partial charge on any atom is 0.254 e. The van der Waals surface area contributed by atoms with Crippen LogP contribution in [-0.4, -0.2) is 39.1 Å². The molecule has 1 atom stereocenters. The van der Waals surface area contributed by atoms with Gasteiger partial charge >= 0.3 is 0 Å². The van der Waals surface area contributed by atoms with Crippen molar-refractivity contribution in [3.8, 4) is 5.75 Å². The molecule has 0 bridgehead atoms. The van der Waals surface area contributed by atoms with Gasteiger partial charge in [-0.2, -0.15) is 5.10 Å². The largest absolute Gasteiger partial charge is 0.493 e. The van der Waals surface area contributed by atoms with Crippen molar-refractivity contribution in [2.75, 3.05) is 13.2 Å². The Balaban J connectivity index is 1.38. The number of carbonyl (C=O) groups is 1. The quantitative estimate of drug-likeness (QED) is 0.710. The average Bonchev–Trinajstić information content (AvgIpc) is 3.37. The van der Waals surface area contributed by atoms with E-state index in [1.807, 2.05) is 11.0 Å².